The zero-order valence-corrected chi connectivity index (χ0v) is 15.1. The summed E-state index contributed by atoms with van der Waals surface area (Å²) in [6.07, 6.45) is -5.10. The number of nitro benzene ring substituents is 1. The van der Waals surface area contributed by atoms with Crippen LogP contribution < -0.4 is 10.9 Å². The van der Waals surface area contributed by atoms with E-state index >= 15 is 0 Å². The van der Waals surface area contributed by atoms with Crippen LogP contribution in [0.4, 0.5) is 23.2 Å². The summed E-state index contributed by atoms with van der Waals surface area (Å²) in [4.78, 5) is 34.3. The quantitative estimate of drug-likeness (QED) is 0.365. The largest absolute Gasteiger partial charge is 0.435 e. The van der Waals surface area contributed by atoms with Crippen LogP contribution in [0.1, 0.15) is 26.5 Å². The lowest BCUT2D eigenvalue weighted by Crippen LogP contribution is -2.42. The van der Waals surface area contributed by atoms with Gasteiger partial charge in [-0.15, -0.1) is 5.10 Å². The van der Waals surface area contributed by atoms with Crippen molar-refractivity contribution in [1.29, 1.82) is 0 Å². The minimum Gasteiger partial charge on any atom is -0.267 e. The van der Waals surface area contributed by atoms with Crippen molar-refractivity contribution in [3.63, 3.8) is 0 Å². The molecule has 0 aliphatic heterocycles. The van der Waals surface area contributed by atoms with Crippen LogP contribution in [0.15, 0.2) is 48.5 Å². The van der Waals surface area contributed by atoms with Crippen molar-refractivity contribution in [2.24, 2.45) is 0 Å². The third-order valence-corrected chi connectivity index (χ3v) is 3.82. The van der Waals surface area contributed by atoms with Crippen molar-refractivity contribution >= 4 is 17.5 Å². The van der Waals surface area contributed by atoms with Gasteiger partial charge >= 0.3 is 6.18 Å². The maximum absolute atomic E-state index is 13.5. The van der Waals surface area contributed by atoms with Gasteiger partial charge < -0.3 is 0 Å². The Kier molecular flexibility index (Phi) is 5.63. The molecule has 0 aliphatic rings. The number of non-ortho nitro benzene ring substituents is 1. The van der Waals surface area contributed by atoms with Gasteiger partial charge in [-0.25, -0.2) is 9.07 Å². The second kappa shape index (κ2) is 8.17. The zero-order valence-electron chi connectivity index (χ0n) is 15.1. The fourth-order valence-electron chi connectivity index (χ4n) is 2.48. The van der Waals surface area contributed by atoms with Gasteiger partial charge in [0, 0.05) is 17.7 Å². The number of hydrazine groups is 1. The maximum Gasteiger partial charge on any atom is 0.435 e. The van der Waals surface area contributed by atoms with Gasteiger partial charge in [0.25, 0.3) is 17.5 Å². The van der Waals surface area contributed by atoms with E-state index in [-0.39, 0.29) is 15.9 Å². The lowest BCUT2D eigenvalue weighted by molar-refractivity contribution is -0.384. The first kappa shape index (κ1) is 21.4. The molecule has 0 atom stereocenters. The van der Waals surface area contributed by atoms with E-state index in [0.29, 0.717) is 0 Å². The van der Waals surface area contributed by atoms with Crippen molar-refractivity contribution in [2.45, 2.75) is 6.18 Å². The highest BCUT2D eigenvalue weighted by atomic mass is 19.4. The SMILES string of the molecule is O=C(NNC(=O)c1nnn(-c2cccc(F)c2)c1C(F)(F)F)c1cccc([N+](=O)[O-])c1. The number of carbonyl (C=O) groups is 2. The second-order valence-electron chi connectivity index (χ2n) is 5.89. The summed E-state index contributed by atoms with van der Waals surface area (Å²) in [5.74, 6) is -3.33. The number of nitro groups is 1. The molecular formula is C17H10F4N6O4. The number of hydrogen-bond acceptors (Lipinski definition) is 6. The molecule has 0 spiro atoms. The molecule has 0 radical (unpaired) electrons. The van der Waals surface area contributed by atoms with Gasteiger partial charge in [0.1, 0.15) is 5.82 Å². The molecule has 0 saturated carbocycles. The minimum atomic E-state index is -5.10. The highest BCUT2D eigenvalue weighted by Crippen LogP contribution is 2.32. The Morgan fingerprint density at radius 2 is 1.71 bits per heavy atom. The molecule has 2 amide bonds. The molecule has 0 aliphatic carbocycles. The lowest BCUT2D eigenvalue weighted by atomic mass is 10.2. The molecule has 160 valence electrons. The van der Waals surface area contributed by atoms with Crippen LogP contribution in [0, 0.1) is 15.9 Å². The van der Waals surface area contributed by atoms with Crippen molar-refractivity contribution in [1.82, 2.24) is 25.8 Å². The van der Waals surface area contributed by atoms with Crippen LogP contribution in [0.2, 0.25) is 0 Å². The van der Waals surface area contributed by atoms with E-state index in [0.717, 1.165) is 36.4 Å². The van der Waals surface area contributed by atoms with Crippen LogP contribution in [0.25, 0.3) is 5.69 Å². The summed E-state index contributed by atoms with van der Waals surface area (Å²) in [7, 11) is 0. The van der Waals surface area contributed by atoms with Gasteiger partial charge in [-0.05, 0) is 24.3 Å². The van der Waals surface area contributed by atoms with E-state index in [1.165, 1.54) is 12.1 Å². The molecule has 0 saturated heterocycles. The first-order chi connectivity index (χ1) is 14.6. The van der Waals surface area contributed by atoms with Crippen LogP contribution in [-0.2, 0) is 6.18 Å². The molecule has 2 N–H and O–H groups in total. The number of halogens is 4. The molecule has 2 aromatic carbocycles. The maximum atomic E-state index is 13.5. The summed E-state index contributed by atoms with van der Waals surface area (Å²) in [5, 5.41) is 17.2. The molecular weight excluding hydrogens is 428 g/mol. The molecule has 0 fully saturated rings. The standard InChI is InChI=1S/C17H10F4N6O4/c18-10-4-2-5-11(8-10)26-14(17(19,20)21)13(22-25-26)16(29)24-23-15(28)9-3-1-6-12(7-9)27(30)31/h1-8H,(H,23,28)(H,24,29). The predicted octanol–water partition coefficient (Wildman–Crippen LogP) is 2.41. The first-order valence-corrected chi connectivity index (χ1v) is 8.22. The van der Waals surface area contributed by atoms with E-state index in [9.17, 15) is 37.3 Å². The van der Waals surface area contributed by atoms with E-state index in [1.54, 1.807) is 5.43 Å². The molecule has 1 aromatic heterocycles. The number of rotatable bonds is 4. The van der Waals surface area contributed by atoms with Gasteiger partial charge in [-0.1, -0.05) is 17.3 Å². The van der Waals surface area contributed by atoms with Crippen LogP contribution >= 0.6 is 0 Å². The molecule has 3 aromatic rings. The van der Waals surface area contributed by atoms with E-state index in [2.05, 4.69) is 10.3 Å². The van der Waals surface area contributed by atoms with Crippen LogP contribution in [0.5, 0.6) is 0 Å². The fraction of sp³-hybridized carbons (Fsp3) is 0.0588. The number of carbonyl (C=O) groups excluding carboxylic acids is 2. The smallest absolute Gasteiger partial charge is 0.267 e. The molecule has 10 nitrogen and oxygen atoms in total. The van der Waals surface area contributed by atoms with Gasteiger partial charge in [0.15, 0.2) is 11.4 Å². The van der Waals surface area contributed by atoms with E-state index < -0.39 is 45.8 Å². The van der Waals surface area contributed by atoms with Gasteiger partial charge in [0.2, 0.25) is 0 Å². The van der Waals surface area contributed by atoms with E-state index in [4.69, 9.17) is 0 Å². The third kappa shape index (κ3) is 4.63. The van der Waals surface area contributed by atoms with Gasteiger partial charge in [0.05, 0.1) is 10.6 Å². The highest BCUT2D eigenvalue weighted by molar-refractivity contribution is 5.99. The lowest BCUT2D eigenvalue weighted by Gasteiger charge is -2.11. The average molecular weight is 438 g/mol. The monoisotopic (exact) mass is 438 g/mol. The Morgan fingerprint density at radius 1 is 1.03 bits per heavy atom. The Bertz CT molecular complexity index is 1180. The summed E-state index contributed by atoms with van der Waals surface area (Å²) < 4.78 is 54.3. The molecule has 31 heavy (non-hydrogen) atoms. The minimum absolute atomic E-state index is 0.228. The Labute approximate surface area is 169 Å². The molecule has 14 heteroatoms. The summed E-state index contributed by atoms with van der Waals surface area (Å²) in [6.45, 7) is 0. The fourth-order valence-corrected chi connectivity index (χ4v) is 2.48. The first-order valence-electron chi connectivity index (χ1n) is 8.22. The molecule has 1 heterocycles. The number of nitrogens with one attached hydrogen (secondary N) is 2. The molecule has 3 rings (SSSR count). The van der Waals surface area contributed by atoms with Crippen molar-refractivity contribution < 1.29 is 32.1 Å². The Hall–Kier alpha value is -4.36. The number of benzene rings is 2. The Balaban J connectivity index is 1.84. The van der Waals surface area contributed by atoms with Crippen molar-refractivity contribution in [3.8, 4) is 5.69 Å². The Morgan fingerprint density at radius 3 is 2.35 bits per heavy atom. The summed E-state index contributed by atoms with van der Waals surface area (Å²) in [5.41, 5.74) is -0.178. The summed E-state index contributed by atoms with van der Waals surface area (Å²) >= 11 is 0. The van der Waals surface area contributed by atoms with E-state index in [1.807, 2.05) is 5.43 Å². The molecule has 0 bridgehead atoms. The average Bonchev–Trinajstić information content (AvgIpc) is 3.18. The second-order valence-corrected chi connectivity index (χ2v) is 5.89. The van der Waals surface area contributed by atoms with Crippen molar-refractivity contribution in [2.75, 3.05) is 0 Å². The van der Waals surface area contributed by atoms with Crippen LogP contribution in [-0.4, -0.2) is 31.7 Å². The third-order valence-electron chi connectivity index (χ3n) is 3.82. The summed E-state index contributed by atoms with van der Waals surface area (Å²) in [6, 6.07) is 8.46. The van der Waals surface area contributed by atoms with Crippen molar-refractivity contribution in [3.05, 3.63) is 81.4 Å². The topological polar surface area (TPSA) is 132 Å². The number of hydrogen-bond donors (Lipinski definition) is 2. The predicted molar refractivity (Wildman–Crippen MR) is 94.3 cm³/mol. The van der Waals surface area contributed by atoms with Gasteiger partial charge in [-0.2, -0.15) is 13.2 Å². The zero-order chi connectivity index (χ0) is 22.8. The number of nitrogens with zero attached hydrogens (tertiary/aromatic N) is 4. The van der Waals surface area contributed by atoms with Crippen LogP contribution in [0.3, 0.4) is 0 Å². The number of aromatic nitrogens is 3. The number of alkyl halides is 3. The van der Waals surface area contributed by atoms with Gasteiger partial charge in [-0.3, -0.25) is 30.6 Å². The number of amides is 2. The molecule has 0 unspecified atom stereocenters. The normalized spacial score (nSPS) is 11.1. The highest BCUT2D eigenvalue weighted by Gasteiger charge is 2.42.